The molecule has 0 radical (unpaired) electrons. The third-order valence-corrected chi connectivity index (χ3v) is 4.95. The fraction of sp³-hybridized carbons (Fsp3) is 0.136. The number of fused-ring (bicyclic) bond motifs is 1. The van der Waals surface area contributed by atoms with Crippen LogP contribution in [-0.2, 0) is 19.5 Å². The van der Waals surface area contributed by atoms with Crippen molar-refractivity contribution in [2.24, 2.45) is 0 Å². The Hall–Kier alpha value is -3.18. The molecule has 0 spiro atoms. The van der Waals surface area contributed by atoms with Crippen molar-refractivity contribution < 1.29 is 0 Å². The Bertz CT molecular complexity index is 1230. The smallest absolute Gasteiger partial charge is 0.273 e. The molecule has 4 aromatic rings. The van der Waals surface area contributed by atoms with Gasteiger partial charge in [-0.05, 0) is 41.8 Å². The lowest BCUT2D eigenvalue weighted by Crippen LogP contribution is -2.41. The number of aryl methyl sites for hydroxylation is 1. The third-order valence-electron chi connectivity index (χ3n) is 4.70. The van der Waals surface area contributed by atoms with Crippen molar-refractivity contribution in [3.05, 3.63) is 110 Å². The average Bonchev–Trinajstić information content (AvgIpc) is 2.73. The number of hydrogen-bond donors (Lipinski definition) is 0. The molecule has 4 rings (SSSR count). The summed E-state index contributed by atoms with van der Waals surface area (Å²) in [6, 6.07) is 20.5. The minimum absolute atomic E-state index is 0.309. The molecule has 0 atom stereocenters. The Morgan fingerprint density at radius 2 is 1.57 bits per heavy atom. The van der Waals surface area contributed by atoms with Crippen molar-refractivity contribution in [1.29, 1.82) is 0 Å². The molecule has 0 aliphatic carbocycles. The number of pyridine rings is 1. The normalized spacial score (nSPS) is 11.0. The molecular formula is C22H18ClN3O2. The van der Waals surface area contributed by atoms with Gasteiger partial charge in [0.2, 0.25) is 0 Å². The van der Waals surface area contributed by atoms with E-state index in [0.717, 1.165) is 11.1 Å². The standard InChI is InChI=1S/C22H18ClN3O2/c23-18-10-8-17(9-11-18)15-26-20-19(7-4-13-24-20)21(27)25(22(26)28)14-12-16-5-2-1-3-6-16/h1-11,13H,12,14-15H2. The van der Waals surface area contributed by atoms with Gasteiger partial charge >= 0.3 is 5.69 Å². The summed E-state index contributed by atoms with van der Waals surface area (Å²) < 4.78 is 2.85. The van der Waals surface area contributed by atoms with Gasteiger partial charge < -0.3 is 0 Å². The molecule has 2 aromatic carbocycles. The lowest BCUT2D eigenvalue weighted by molar-refractivity contribution is 0.587. The van der Waals surface area contributed by atoms with Gasteiger partial charge in [0, 0.05) is 17.8 Å². The van der Waals surface area contributed by atoms with E-state index in [1.54, 1.807) is 35.0 Å². The van der Waals surface area contributed by atoms with Crippen molar-refractivity contribution in [1.82, 2.24) is 14.1 Å². The average molecular weight is 392 g/mol. The van der Waals surface area contributed by atoms with Crippen molar-refractivity contribution in [3.63, 3.8) is 0 Å². The molecule has 6 heteroatoms. The Morgan fingerprint density at radius 3 is 2.32 bits per heavy atom. The van der Waals surface area contributed by atoms with Gasteiger partial charge in [0.05, 0.1) is 11.9 Å². The minimum atomic E-state index is -0.359. The van der Waals surface area contributed by atoms with Gasteiger partial charge in [0.25, 0.3) is 5.56 Å². The van der Waals surface area contributed by atoms with Crippen LogP contribution in [0.1, 0.15) is 11.1 Å². The highest BCUT2D eigenvalue weighted by atomic mass is 35.5. The molecule has 0 N–H and O–H groups in total. The molecular weight excluding hydrogens is 374 g/mol. The molecule has 0 unspecified atom stereocenters. The summed E-state index contributed by atoms with van der Waals surface area (Å²) in [4.78, 5) is 30.4. The number of aromatic nitrogens is 3. The number of nitrogens with zero attached hydrogens (tertiary/aromatic N) is 3. The lowest BCUT2D eigenvalue weighted by Gasteiger charge is -2.13. The quantitative estimate of drug-likeness (QED) is 0.523. The number of halogens is 1. The third kappa shape index (κ3) is 3.62. The first-order valence-corrected chi connectivity index (χ1v) is 9.38. The number of hydrogen-bond acceptors (Lipinski definition) is 3. The summed E-state index contributed by atoms with van der Waals surface area (Å²) >= 11 is 5.96. The highest BCUT2D eigenvalue weighted by Crippen LogP contribution is 2.12. The molecule has 2 aromatic heterocycles. The molecule has 0 amide bonds. The largest absolute Gasteiger partial charge is 0.332 e. The van der Waals surface area contributed by atoms with Crippen LogP contribution in [0.2, 0.25) is 5.02 Å². The van der Waals surface area contributed by atoms with Gasteiger partial charge in [0.1, 0.15) is 5.65 Å². The SMILES string of the molecule is O=c1c2cccnc2n(Cc2ccc(Cl)cc2)c(=O)n1CCc1ccccc1. The van der Waals surface area contributed by atoms with E-state index in [0.29, 0.717) is 35.6 Å². The van der Waals surface area contributed by atoms with Crippen LogP contribution in [0.3, 0.4) is 0 Å². The van der Waals surface area contributed by atoms with Crippen LogP contribution in [0.5, 0.6) is 0 Å². The van der Waals surface area contributed by atoms with Crippen LogP contribution in [-0.4, -0.2) is 14.1 Å². The zero-order chi connectivity index (χ0) is 19.5. The van der Waals surface area contributed by atoms with E-state index in [1.807, 2.05) is 42.5 Å². The maximum absolute atomic E-state index is 13.2. The van der Waals surface area contributed by atoms with Gasteiger partial charge in [-0.3, -0.25) is 13.9 Å². The summed E-state index contributed by atoms with van der Waals surface area (Å²) in [7, 11) is 0. The summed E-state index contributed by atoms with van der Waals surface area (Å²) in [5.41, 5.74) is 1.71. The molecule has 28 heavy (non-hydrogen) atoms. The number of benzene rings is 2. The maximum Gasteiger partial charge on any atom is 0.332 e. The fourth-order valence-electron chi connectivity index (χ4n) is 3.25. The van der Waals surface area contributed by atoms with Crippen LogP contribution in [0.4, 0.5) is 0 Å². The zero-order valence-corrected chi connectivity index (χ0v) is 15.8. The van der Waals surface area contributed by atoms with E-state index in [-0.39, 0.29) is 11.2 Å². The van der Waals surface area contributed by atoms with Crippen molar-refractivity contribution in [2.45, 2.75) is 19.5 Å². The van der Waals surface area contributed by atoms with Crippen LogP contribution in [0.25, 0.3) is 11.0 Å². The second kappa shape index (κ2) is 7.82. The molecule has 5 nitrogen and oxygen atoms in total. The van der Waals surface area contributed by atoms with Crippen molar-refractivity contribution >= 4 is 22.6 Å². The van der Waals surface area contributed by atoms with Gasteiger partial charge in [-0.25, -0.2) is 9.78 Å². The van der Waals surface area contributed by atoms with Gasteiger partial charge in [0.15, 0.2) is 0 Å². The first-order chi connectivity index (χ1) is 13.6. The topological polar surface area (TPSA) is 56.9 Å². The number of rotatable bonds is 5. The highest BCUT2D eigenvalue weighted by Gasteiger charge is 2.14. The molecule has 140 valence electrons. The van der Waals surface area contributed by atoms with E-state index in [9.17, 15) is 9.59 Å². The van der Waals surface area contributed by atoms with E-state index in [2.05, 4.69) is 4.98 Å². The monoisotopic (exact) mass is 391 g/mol. The van der Waals surface area contributed by atoms with Crippen LogP contribution in [0.15, 0.2) is 82.5 Å². The van der Waals surface area contributed by atoms with E-state index < -0.39 is 0 Å². The first kappa shape index (κ1) is 18.2. The van der Waals surface area contributed by atoms with Crippen LogP contribution in [0, 0.1) is 0 Å². The summed E-state index contributed by atoms with van der Waals surface area (Å²) in [5.74, 6) is 0. The van der Waals surface area contributed by atoms with E-state index in [1.165, 1.54) is 4.57 Å². The summed E-state index contributed by atoms with van der Waals surface area (Å²) in [5, 5.41) is 1.07. The summed E-state index contributed by atoms with van der Waals surface area (Å²) in [6.45, 7) is 0.627. The second-order valence-corrected chi connectivity index (χ2v) is 7.00. The Morgan fingerprint density at radius 1 is 0.821 bits per heavy atom. The van der Waals surface area contributed by atoms with Crippen LogP contribution >= 0.6 is 11.6 Å². The van der Waals surface area contributed by atoms with Crippen molar-refractivity contribution in [3.8, 4) is 0 Å². The molecule has 0 aliphatic heterocycles. The fourth-order valence-corrected chi connectivity index (χ4v) is 3.37. The van der Waals surface area contributed by atoms with E-state index >= 15 is 0 Å². The zero-order valence-electron chi connectivity index (χ0n) is 15.1. The molecule has 0 saturated carbocycles. The molecule has 0 bridgehead atoms. The van der Waals surface area contributed by atoms with Gasteiger partial charge in [-0.15, -0.1) is 0 Å². The Balaban J connectivity index is 1.80. The van der Waals surface area contributed by atoms with Crippen molar-refractivity contribution in [2.75, 3.05) is 0 Å². The minimum Gasteiger partial charge on any atom is -0.273 e. The van der Waals surface area contributed by atoms with Crippen LogP contribution < -0.4 is 11.2 Å². The molecule has 2 heterocycles. The van der Waals surface area contributed by atoms with Gasteiger partial charge in [-0.1, -0.05) is 54.1 Å². The lowest BCUT2D eigenvalue weighted by atomic mass is 10.1. The predicted octanol–water partition coefficient (Wildman–Crippen LogP) is 3.50. The molecule has 0 saturated heterocycles. The van der Waals surface area contributed by atoms with E-state index in [4.69, 9.17) is 11.6 Å². The molecule has 0 aliphatic rings. The Labute approximate surface area is 166 Å². The maximum atomic E-state index is 13.2. The second-order valence-electron chi connectivity index (χ2n) is 6.56. The first-order valence-electron chi connectivity index (χ1n) is 9.00. The summed E-state index contributed by atoms with van der Waals surface area (Å²) in [6.07, 6.45) is 2.19. The highest BCUT2D eigenvalue weighted by molar-refractivity contribution is 6.30. The van der Waals surface area contributed by atoms with Gasteiger partial charge in [-0.2, -0.15) is 0 Å². The Kier molecular flexibility index (Phi) is 5.08. The predicted molar refractivity (Wildman–Crippen MR) is 111 cm³/mol. The molecule has 0 fully saturated rings.